The molecule has 0 saturated carbocycles. The zero-order valence-electron chi connectivity index (χ0n) is 18.5. The van der Waals surface area contributed by atoms with Crippen molar-refractivity contribution in [2.24, 2.45) is 5.92 Å². The molecular weight excluding hydrogens is 410 g/mol. The summed E-state index contributed by atoms with van der Waals surface area (Å²) < 4.78 is 10.5. The highest BCUT2D eigenvalue weighted by Gasteiger charge is 2.37. The van der Waals surface area contributed by atoms with Crippen LogP contribution in [0.15, 0.2) is 48.5 Å². The third kappa shape index (κ3) is 5.41. The van der Waals surface area contributed by atoms with Crippen molar-refractivity contribution in [1.82, 2.24) is 0 Å². The molecule has 7 heteroatoms. The fourth-order valence-corrected chi connectivity index (χ4v) is 3.45. The van der Waals surface area contributed by atoms with E-state index in [1.807, 2.05) is 26.0 Å². The lowest BCUT2D eigenvalue weighted by atomic mass is 10.1. The molecule has 1 aliphatic heterocycles. The summed E-state index contributed by atoms with van der Waals surface area (Å²) in [4.78, 5) is 51.0. The Balaban J connectivity index is 1.59. The van der Waals surface area contributed by atoms with E-state index in [-0.39, 0.29) is 24.7 Å². The van der Waals surface area contributed by atoms with Gasteiger partial charge in [-0.05, 0) is 44.5 Å². The lowest BCUT2D eigenvalue weighted by Crippen LogP contribution is -2.30. The fraction of sp³-hybridized carbons (Fsp3) is 0.360. The summed E-state index contributed by atoms with van der Waals surface area (Å²) in [7, 11) is 0. The molecule has 7 nitrogen and oxygen atoms in total. The van der Waals surface area contributed by atoms with Gasteiger partial charge in [0, 0.05) is 24.2 Å². The summed E-state index contributed by atoms with van der Waals surface area (Å²) in [5, 5.41) is 0. The molecule has 168 valence electrons. The molecule has 1 heterocycles. The topological polar surface area (TPSA) is 90.0 Å². The van der Waals surface area contributed by atoms with Gasteiger partial charge in [0.05, 0.1) is 18.1 Å². The predicted molar refractivity (Wildman–Crippen MR) is 119 cm³/mol. The number of carbonyl (C=O) groups excluding carboxylic acids is 4. The minimum absolute atomic E-state index is 0.00453. The summed E-state index contributed by atoms with van der Waals surface area (Å²) in [6.07, 6.45) is -0.202. The van der Waals surface area contributed by atoms with Crippen molar-refractivity contribution in [3.63, 3.8) is 0 Å². The number of Topliss-reactive ketones (excluding diaryl/α,β-unsaturated/α-hetero) is 1. The van der Waals surface area contributed by atoms with Crippen LogP contribution in [0.3, 0.4) is 0 Å². The molecule has 0 aromatic heterocycles. The largest absolute Gasteiger partial charge is 0.462 e. The lowest BCUT2D eigenvalue weighted by molar-refractivity contribution is -0.151. The van der Waals surface area contributed by atoms with Gasteiger partial charge in [-0.15, -0.1) is 0 Å². The van der Waals surface area contributed by atoms with Gasteiger partial charge < -0.3 is 14.4 Å². The molecule has 0 aliphatic carbocycles. The van der Waals surface area contributed by atoms with E-state index in [0.29, 0.717) is 23.4 Å². The van der Waals surface area contributed by atoms with E-state index in [1.54, 1.807) is 36.4 Å². The highest BCUT2D eigenvalue weighted by molar-refractivity contribution is 6.02. The maximum Gasteiger partial charge on any atom is 0.338 e. The molecule has 0 spiro atoms. The Morgan fingerprint density at radius 2 is 1.66 bits per heavy atom. The van der Waals surface area contributed by atoms with Gasteiger partial charge in [0.25, 0.3) is 0 Å². The molecule has 1 aliphatic rings. The summed E-state index contributed by atoms with van der Waals surface area (Å²) in [6, 6.07) is 13.5. The molecular formula is C25H27NO6. The average molecular weight is 437 g/mol. The first kappa shape index (κ1) is 23.2. The Hall–Kier alpha value is -3.48. The Labute approximate surface area is 187 Å². The van der Waals surface area contributed by atoms with Crippen molar-refractivity contribution in [1.29, 1.82) is 0 Å². The highest BCUT2D eigenvalue weighted by Crippen LogP contribution is 2.27. The molecule has 0 unspecified atom stereocenters. The number of benzene rings is 2. The summed E-state index contributed by atoms with van der Waals surface area (Å²) in [6.45, 7) is 5.87. The quantitative estimate of drug-likeness (QED) is 0.462. The van der Waals surface area contributed by atoms with Crippen LogP contribution in [0, 0.1) is 12.8 Å². The van der Waals surface area contributed by atoms with Gasteiger partial charge in [0.15, 0.2) is 6.10 Å². The van der Waals surface area contributed by atoms with Crippen LogP contribution in [0.1, 0.15) is 53.0 Å². The average Bonchev–Trinajstić information content (AvgIpc) is 3.19. The highest BCUT2D eigenvalue weighted by atomic mass is 16.5. The zero-order chi connectivity index (χ0) is 23.3. The standard InChI is InChI=1S/C25H27NO6/c1-4-13-31-24(29)19-9-11-21(12-10-19)26-15-20(14-22(26)27)25(30)32-17(3)23(28)18-7-5-16(2)6-8-18/h5-12,17,20H,4,13-15H2,1-3H3/t17-,20-/m0/s1. The van der Waals surface area contributed by atoms with Crippen molar-refractivity contribution >= 4 is 29.3 Å². The van der Waals surface area contributed by atoms with Gasteiger partial charge in [0.1, 0.15) is 0 Å². The molecule has 3 rings (SSSR count). The lowest BCUT2D eigenvalue weighted by Gasteiger charge is -2.18. The number of amides is 1. The first-order valence-electron chi connectivity index (χ1n) is 10.7. The van der Waals surface area contributed by atoms with E-state index in [4.69, 9.17) is 9.47 Å². The zero-order valence-corrected chi connectivity index (χ0v) is 18.5. The monoisotopic (exact) mass is 437 g/mol. The minimum atomic E-state index is -0.942. The molecule has 0 bridgehead atoms. The van der Waals surface area contributed by atoms with Crippen LogP contribution >= 0.6 is 0 Å². The Morgan fingerprint density at radius 3 is 2.28 bits per heavy atom. The second kappa shape index (κ2) is 10.2. The Morgan fingerprint density at radius 1 is 1.03 bits per heavy atom. The normalized spacial score (nSPS) is 16.5. The number of esters is 2. The number of anilines is 1. The smallest absolute Gasteiger partial charge is 0.338 e. The number of carbonyl (C=O) groups is 4. The van der Waals surface area contributed by atoms with Crippen molar-refractivity contribution in [3.05, 3.63) is 65.2 Å². The number of aryl methyl sites for hydroxylation is 1. The summed E-state index contributed by atoms with van der Waals surface area (Å²) in [5.74, 6) is -2.16. The van der Waals surface area contributed by atoms with Gasteiger partial charge in [0.2, 0.25) is 11.7 Å². The Bertz CT molecular complexity index is 996. The third-order valence-electron chi connectivity index (χ3n) is 5.31. The van der Waals surface area contributed by atoms with Gasteiger partial charge in [-0.2, -0.15) is 0 Å². The van der Waals surface area contributed by atoms with E-state index in [2.05, 4.69) is 0 Å². The predicted octanol–water partition coefficient (Wildman–Crippen LogP) is 3.73. The van der Waals surface area contributed by atoms with Crippen LogP contribution in [0.2, 0.25) is 0 Å². The second-order valence-corrected chi connectivity index (χ2v) is 7.90. The van der Waals surface area contributed by atoms with E-state index >= 15 is 0 Å². The van der Waals surface area contributed by atoms with Crippen molar-refractivity contribution in [2.75, 3.05) is 18.1 Å². The van der Waals surface area contributed by atoms with E-state index < -0.39 is 24.0 Å². The summed E-state index contributed by atoms with van der Waals surface area (Å²) in [5.41, 5.74) is 2.48. The number of nitrogens with zero attached hydrogens (tertiary/aromatic N) is 1. The number of hydrogen-bond acceptors (Lipinski definition) is 6. The maximum absolute atomic E-state index is 12.6. The second-order valence-electron chi connectivity index (χ2n) is 7.90. The maximum atomic E-state index is 12.6. The van der Waals surface area contributed by atoms with Gasteiger partial charge in [-0.3, -0.25) is 14.4 Å². The number of ether oxygens (including phenoxy) is 2. The third-order valence-corrected chi connectivity index (χ3v) is 5.31. The SMILES string of the molecule is CCCOC(=O)c1ccc(N2C[C@@H](C(=O)O[C@@H](C)C(=O)c3ccc(C)cc3)CC2=O)cc1. The molecule has 1 amide bonds. The van der Waals surface area contributed by atoms with Crippen LogP contribution in [-0.4, -0.2) is 42.9 Å². The van der Waals surface area contributed by atoms with Crippen molar-refractivity contribution < 1.29 is 28.7 Å². The first-order chi connectivity index (χ1) is 15.3. The Kier molecular flexibility index (Phi) is 7.41. The summed E-state index contributed by atoms with van der Waals surface area (Å²) >= 11 is 0. The minimum Gasteiger partial charge on any atom is -0.462 e. The first-order valence-corrected chi connectivity index (χ1v) is 10.7. The van der Waals surface area contributed by atoms with Crippen LogP contribution in [0.5, 0.6) is 0 Å². The van der Waals surface area contributed by atoms with Gasteiger partial charge >= 0.3 is 11.9 Å². The number of ketones is 1. The molecule has 1 fully saturated rings. The molecule has 0 radical (unpaired) electrons. The van der Waals surface area contributed by atoms with Crippen molar-refractivity contribution in [2.45, 2.75) is 39.7 Å². The van der Waals surface area contributed by atoms with Crippen LogP contribution in [-0.2, 0) is 19.1 Å². The van der Waals surface area contributed by atoms with Crippen molar-refractivity contribution in [3.8, 4) is 0 Å². The molecule has 2 aromatic carbocycles. The number of rotatable bonds is 8. The van der Waals surface area contributed by atoms with Gasteiger partial charge in [-0.1, -0.05) is 36.8 Å². The molecule has 2 aromatic rings. The fourth-order valence-electron chi connectivity index (χ4n) is 3.45. The molecule has 1 saturated heterocycles. The van der Waals surface area contributed by atoms with E-state index in [1.165, 1.54) is 11.8 Å². The number of hydrogen-bond donors (Lipinski definition) is 0. The van der Waals surface area contributed by atoms with E-state index in [9.17, 15) is 19.2 Å². The molecule has 32 heavy (non-hydrogen) atoms. The molecule has 0 N–H and O–H groups in total. The molecule has 2 atom stereocenters. The van der Waals surface area contributed by atoms with E-state index in [0.717, 1.165) is 12.0 Å². The van der Waals surface area contributed by atoms with Crippen LogP contribution in [0.4, 0.5) is 5.69 Å². The van der Waals surface area contributed by atoms with Gasteiger partial charge in [-0.25, -0.2) is 4.79 Å². The van der Waals surface area contributed by atoms with Crippen LogP contribution < -0.4 is 4.90 Å². The van der Waals surface area contributed by atoms with Crippen LogP contribution in [0.25, 0.3) is 0 Å².